The van der Waals surface area contributed by atoms with E-state index in [1.807, 2.05) is 0 Å². The second kappa shape index (κ2) is 14.8. The number of carbonyl (C=O) groups is 4. The summed E-state index contributed by atoms with van der Waals surface area (Å²) in [5.74, 6) is -2.99. The van der Waals surface area contributed by atoms with Crippen molar-refractivity contribution in [2.45, 2.75) is 63.6 Å². The minimum atomic E-state index is -0.833. The van der Waals surface area contributed by atoms with Gasteiger partial charge in [0.05, 0.1) is 0 Å². The Morgan fingerprint density at radius 3 is 0.893 bits per heavy atom. The molecule has 0 aromatic carbocycles. The molecule has 3 heterocycles. The quantitative estimate of drug-likeness (QED) is 0.323. The van der Waals surface area contributed by atoms with Crippen molar-refractivity contribution in [2.75, 3.05) is 19.6 Å². The van der Waals surface area contributed by atoms with Crippen LogP contribution >= 0.6 is 0 Å². The van der Waals surface area contributed by atoms with Crippen LogP contribution in [0.1, 0.15) is 45.4 Å². The molecule has 11 nitrogen and oxygen atoms in total. The van der Waals surface area contributed by atoms with Gasteiger partial charge in [0.2, 0.25) is 0 Å². The molecule has 0 aromatic heterocycles. The fraction of sp³-hybridized carbons (Fsp3) is 0.765. The average Bonchev–Trinajstić information content (AvgIpc) is 3.38. The van der Waals surface area contributed by atoms with Gasteiger partial charge in [0.15, 0.2) is 0 Å². The molecule has 3 rings (SSSR count). The minimum absolute atomic E-state index is 0.269. The maximum Gasteiger partial charge on any atom is 0.320 e. The first-order chi connectivity index (χ1) is 13.1. The van der Waals surface area contributed by atoms with Crippen LogP contribution in [0.5, 0.6) is 0 Å². The van der Waals surface area contributed by atoms with Gasteiger partial charge in [0.1, 0.15) is 18.1 Å². The van der Waals surface area contributed by atoms with Gasteiger partial charge in [-0.2, -0.15) is 0 Å². The number of aliphatic carboxylic acids is 4. The highest BCUT2D eigenvalue weighted by Crippen LogP contribution is 2.04. The molecule has 0 unspecified atom stereocenters. The summed E-state index contributed by atoms with van der Waals surface area (Å²) in [5, 5.41) is 41.0. The molecule has 3 atom stereocenters. The highest BCUT2D eigenvalue weighted by atomic mass is 16.4. The summed E-state index contributed by atoms with van der Waals surface area (Å²) in [5.41, 5.74) is 0. The lowest BCUT2D eigenvalue weighted by Gasteiger charge is -1.99. The number of nitrogens with one attached hydrogen (secondary N) is 3. The largest absolute Gasteiger partial charge is 0.481 e. The number of carboxylic acid groups (broad SMARTS) is 4. The van der Waals surface area contributed by atoms with Crippen molar-refractivity contribution in [2.24, 2.45) is 0 Å². The zero-order chi connectivity index (χ0) is 21.5. The third kappa shape index (κ3) is 13.0. The number of carboxylic acids is 4. The Hall–Kier alpha value is -2.24. The number of hydrogen-bond acceptors (Lipinski definition) is 7. The van der Waals surface area contributed by atoms with E-state index >= 15 is 0 Å². The maximum atomic E-state index is 10.1. The molecule has 3 aliphatic heterocycles. The molecule has 28 heavy (non-hydrogen) atoms. The van der Waals surface area contributed by atoms with Crippen LogP contribution in [0.3, 0.4) is 0 Å². The first-order valence-electron chi connectivity index (χ1n) is 9.23. The van der Waals surface area contributed by atoms with Crippen molar-refractivity contribution in [3.8, 4) is 0 Å². The van der Waals surface area contributed by atoms with Crippen LogP contribution in [0.4, 0.5) is 0 Å². The molecule has 162 valence electrons. The zero-order valence-electron chi connectivity index (χ0n) is 16.0. The monoisotopic (exact) mass is 405 g/mol. The zero-order valence-corrected chi connectivity index (χ0v) is 16.0. The molecule has 0 spiro atoms. The Morgan fingerprint density at radius 2 is 0.821 bits per heavy atom. The molecule has 0 aliphatic carbocycles. The lowest BCUT2D eigenvalue weighted by Crippen LogP contribution is -2.29. The van der Waals surface area contributed by atoms with E-state index in [2.05, 4.69) is 16.0 Å². The normalized spacial score (nSPS) is 25.1. The van der Waals surface area contributed by atoms with E-state index in [1.165, 1.54) is 0 Å². The summed E-state index contributed by atoms with van der Waals surface area (Å²) in [6, 6.07) is -0.806. The van der Waals surface area contributed by atoms with Gasteiger partial charge >= 0.3 is 17.9 Å². The molecule has 3 saturated heterocycles. The lowest BCUT2D eigenvalue weighted by molar-refractivity contribution is -0.140. The van der Waals surface area contributed by atoms with Crippen LogP contribution in [0.15, 0.2) is 0 Å². The Bertz CT molecular complexity index is 431. The summed E-state index contributed by atoms with van der Waals surface area (Å²) in [6.07, 6.45) is 5.35. The Balaban J connectivity index is 0.000000358. The summed E-state index contributed by atoms with van der Waals surface area (Å²) in [6.45, 7) is 3.66. The summed E-state index contributed by atoms with van der Waals surface area (Å²) >= 11 is 0. The molecule has 7 N–H and O–H groups in total. The third-order valence-corrected chi connectivity index (χ3v) is 4.08. The summed E-state index contributed by atoms with van der Waals surface area (Å²) in [4.78, 5) is 39.4. The fourth-order valence-electron chi connectivity index (χ4n) is 2.69. The Labute approximate surface area is 163 Å². The van der Waals surface area contributed by atoms with Crippen LogP contribution in [0.2, 0.25) is 0 Å². The standard InChI is InChI=1S/3C5H9NO2.C2H4O2/c3*7-5(8)4-2-1-3-6-4;1-2(3)4/h3*4,6H,1-3H2,(H,7,8);1H3,(H,3,4)/t3*4-;/m000./s1. The van der Waals surface area contributed by atoms with Gasteiger partial charge in [-0.25, -0.2) is 0 Å². The topological polar surface area (TPSA) is 185 Å². The van der Waals surface area contributed by atoms with Gasteiger partial charge in [-0.15, -0.1) is 0 Å². The second-order valence-corrected chi connectivity index (χ2v) is 6.48. The van der Waals surface area contributed by atoms with E-state index in [0.29, 0.717) is 0 Å². The van der Waals surface area contributed by atoms with E-state index in [9.17, 15) is 14.4 Å². The van der Waals surface area contributed by atoms with Crippen LogP contribution in [0, 0.1) is 0 Å². The van der Waals surface area contributed by atoms with Crippen molar-refractivity contribution in [1.82, 2.24) is 16.0 Å². The lowest BCUT2D eigenvalue weighted by atomic mass is 10.2. The number of hydrogen-bond donors (Lipinski definition) is 7. The molecule has 0 radical (unpaired) electrons. The van der Waals surface area contributed by atoms with Crippen molar-refractivity contribution >= 4 is 23.9 Å². The van der Waals surface area contributed by atoms with Gasteiger partial charge in [-0.05, 0) is 58.2 Å². The molecule has 3 fully saturated rings. The molecule has 0 aromatic rings. The molecular formula is C17H31N3O8. The molecule has 0 bridgehead atoms. The highest BCUT2D eigenvalue weighted by molar-refractivity contribution is 5.74. The smallest absolute Gasteiger partial charge is 0.320 e. The summed E-state index contributed by atoms with van der Waals surface area (Å²) in [7, 11) is 0. The molecule has 11 heteroatoms. The van der Waals surface area contributed by atoms with E-state index < -0.39 is 23.9 Å². The molecular weight excluding hydrogens is 374 g/mol. The number of rotatable bonds is 3. The SMILES string of the molecule is CC(=O)O.O=C(O)[C@@H]1CCCN1.O=C(O)[C@@H]1CCCN1.O=C(O)[C@@H]1CCCN1. The van der Waals surface area contributed by atoms with Crippen molar-refractivity contribution in [3.63, 3.8) is 0 Å². The minimum Gasteiger partial charge on any atom is -0.481 e. The Kier molecular flexibility index (Phi) is 13.6. The van der Waals surface area contributed by atoms with Gasteiger partial charge in [0.25, 0.3) is 5.97 Å². The van der Waals surface area contributed by atoms with Crippen LogP contribution in [-0.4, -0.2) is 82.1 Å². The van der Waals surface area contributed by atoms with E-state index in [0.717, 1.165) is 65.1 Å². The van der Waals surface area contributed by atoms with E-state index in [-0.39, 0.29) is 18.1 Å². The van der Waals surface area contributed by atoms with Crippen molar-refractivity contribution < 1.29 is 39.6 Å². The highest BCUT2D eigenvalue weighted by Gasteiger charge is 2.21. The second-order valence-electron chi connectivity index (χ2n) is 6.48. The van der Waals surface area contributed by atoms with Gasteiger partial charge in [-0.1, -0.05) is 0 Å². The molecule has 0 saturated carbocycles. The van der Waals surface area contributed by atoms with E-state index in [1.54, 1.807) is 0 Å². The maximum absolute atomic E-state index is 10.1. The first kappa shape index (κ1) is 25.8. The summed E-state index contributed by atoms with van der Waals surface area (Å²) < 4.78 is 0. The average molecular weight is 405 g/mol. The van der Waals surface area contributed by atoms with Crippen molar-refractivity contribution in [1.29, 1.82) is 0 Å². The molecule has 0 amide bonds. The Morgan fingerprint density at radius 1 is 0.607 bits per heavy atom. The molecule has 3 aliphatic rings. The van der Waals surface area contributed by atoms with Crippen molar-refractivity contribution in [3.05, 3.63) is 0 Å². The predicted octanol–water partition coefficient (Wildman–Crippen LogP) is -0.440. The first-order valence-corrected chi connectivity index (χ1v) is 9.23. The third-order valence-electron chi connectivity index (χ3n) is 4.08. The fourth-order valence-corrected chi connectivity index (χ4v) is 2.69. The van der Waals surface area contributed by atoms with E-state index in [4.69, 9.17) is 25.2 Å². The van der Waals surface area contributed by atoms with Crippen LogP contribution in [0.25, 0.3) is 0 Å². The van der Waals surface area contributed by atoms with Crippen LogP contribution in [-0.2, 0) is 19.2 Å². The van der Waals surface area contributed by atoms with Gasteiger partial charge in [0, 0.05) is 6.92 Å². The van der Waals surface area contributed by atoms with Gasteiger partial charge < -0.3 is 36.4 Å². The van der Waals surface area contributed by atoms with Gasteiger partial charge in [-0.3, -0.25) is 19.2 Å². The predicted molar refractivity (Wildman–Crippen MR) is 99.3 cm³/mol. The van der Waals surface area contributed by atoms with Crippen LogP contribution < -0.4 is 16.0 Å².